The largest absolute Gasteiger partial charge is 0.395 e. The molecule has 1 atom stereocenters. The molecular weight excluding hydrogens is 371 g/mol. The van der Waals surface area contributed by atoms with Crippen molar-refractivity contribution in [1.29, 1.82) is 0 Å². The van der Waals surface area contributed by atoms with E-state index >= 15 is 0 Å². The second-order valence-corrected chi connectivity index (χ2v) is 8.33. The average molecular weight is 392 g/mol. The van der Waals surface area contributed by atoms with E-state index in [9.17, 15) is 22.7 Å². The third-order valence-electron chi connectivity index (χ3n) is 4.57. The first kappa shape index (κ1) is 19.5. The molecule has 1 unspecified atom stereocenters. The van der Waals surface area contributed by atoms with Gasteiger partial charge in [0.15, 0.2) is 0 Å². The molecule has 0 saturated carbocycles. The standard InChI is InChI=1S/C19H21FN2O4S/c20-15-6-4-7-16(12-15)21-19(24)14-5-3-9-18(11-14)27(25,26)22-10-2-1-8-17(22)13-23/h3-7,9,11-12,17,23H,1-2,8,10,13H2,(H,21,24). The smallest absolute Gasteiger partial charge is 0.255 e. The highest BCUT2D eigenvalue weighted by molar-refractivity contribution is 7.89. The normalized spacial score (nSPS) is 18.2. The van der Waals surface area contributed by atoms with Crippen LogP contribution in [-0.2, 0) is 10.0 Å². The van der Waals surface area contributed by atoms with Crippen LogP contribution >= 0.6 is 0 Å². The number of rotatable bonds is 5. The number of aliphatic hydroxyl groups excluding tert-OH is 1. The Morgan fingerprint density at radius 1 is 1.19 bits per heavy atom. The highest BCUT2D eigenvalue weighted by Crippen LogP contribution is 2.26. The van der Waals surface area contributed by atoms with Crippen molar-refractivity contribution < 1.29 is 22.7 Å². The summed E-state index contributed by atoms with van der Waals surface area (Å²) < 4.78 is 40.5. The fourth-order valence-electron chi connectivity index (χ4n) is 3.18. The Hall–Kier alpha value is -2.29. The van der Waals surface area contributed by atoms with E-state index in [1.54, 1.807) is 6.07 Å². The number of benzene rings is 2. The van der Waals surface area contributed by atoms with Gasteiger partial charge in [0.25, 0.3) is 5.91 Å². The van der Waals surface area contributed by atoms with Crippen molar-refractivity contribution in [2.24, 2.45) is 0 Å². The summed E-state index contributed by atoms with van der Waals surface area (Å²) in [5.41, 5.74) is 0.433. The van der Waals surface area contributed by atoms with E-state index in [-0.39, 0.29) is 22.8 Å². The summed E-state index contributed by atoms with van der Waals surface area (Å²) in [5, 5.41) is 12.0. The number of aliphatic hydroxyl groups is 1. The zero-order valence-electron chi connectivity index (χ0n) is 14.6. The SMILES string of the molecule is O=C(Nc1cccc(F)c1)c1cccc(S(=O)(=O)N2CCCCC2CO)c1. The van der Waals surface area contributed by atoms with Gasteiger partial charge in [0.1, 0.15) is 5.82 Å². The van der Waals surface area contributed by atoms with Crippen LogP contribution in [0.5, 0.6) is 0 Å². The molecule has 1 fully saturated rings. The maximum atomic E-state index is 13.3. The van der Waals surface area contributed by atoms with Gasteiger partial charge in [-0.2, -0.15) is 4.31 Å². The summed E-state index contributed by atoms with van der Waals surface area (Å²) in [6.07, 6.45) is 2.21. The van der Waals surface area contributed by atoms with Crippen LogP contribution in [0.1, 0.15) is 29.6 Å². The molecule has 1 saturated heterocycles. The van der Waals surface area contributed by atoms with Crippen LogP contribution < -0.4 is 5.32 Å². The first-order valence-corrected chi connectivity index (χ1v) is 10.2. The van der Waals surface area contributed by atoms with Gasteiger partial charge in [-0.05, 0) is 49.2 Å². The van der Waals surface area contributed by atoms with Crippen molar-refractivity contribution in [2.45, 2.75) is 30.2 Å². The molecule has 27 heavy (non-hydrogen) atoms. The number of hydrogen-bond donors (Lipinski definition) is 2. The third-order valence-corrected chi connectivity index (χ3v) is 6.52. The molecule has 0 aliphatic carbocycles. The Kier molecular flexibility index (Phi) is 5.88. The van der Waals surface area contributed by atoms with Gasteiger partial charge in [0.2, 0.25) is 10.0 Å². The van der Waals surface area contributed by atoms with Crippen LogP contribution in [0.25, 0.3) is 0 Å². The number of nitrogens with one attached hydrogen (secondary N) is 1. The van der Waals surface area contributed by atoms with Crippen molar-refractivity contribution in [3.05, 3.63) is 59.9 Å². The number of sulfonamides is 1. The molecule has 144 valence electrons. The molecule has 2 aromatic rings. The molecule has 1 heterocycles. The number of hydrogen-bond acceptors (Lipinski definition) is 4. The van der Waals surface area contributed by atoms with Gasteiger partial charge >= 0.3 is 0 Å². The highest BCUT2D eigenvalue weighted by Gasteiger charge is 2.33. The summed E-state index contributed by atoms with van der Waals surface area (Å²) in [6, 6.07) is 10.7. The summed E-state index contributed by atoms with van der Waals surface area (Å²) in [5.74, 6) is -1.01. The van der Waals surface area contributed by atoms with Crippen LogP contribution in [0, 0.1) is 5.82 Å². The predicted molar refractivity (Wildman–Crippen MR) is 99.4 cm³/mol. The summed E-state index contributed by atoms with van der Waals surface area (Å²) in [4.78, 5) is 12.4. The summed E-state index contributed by atoms with van der Waals surface area (Å²) in [6.45, 7) is 0.103. The fraction of sp³-hybridized carbons (Fsp3) is 0.316. The lowest BCUT2D eigenvalue weighted by Crippen LogP contribution is -2.45. The second-order valence-electron chi connectivity index (χ2n) is 6.44. The van der Waals surface area contributed by atoms with Crippen LogP contribution in [-0.4, -0.2) is 42.9 Å². The maximum Gasteiger partial charge on any atom is 0.255 e. The minimum atomic E-state index is -3.83. The van der Waals surface area contributed by atoms with E-state index in [1.165, 1.54) is 46.8 Å². The molecular formula is C19H21FN2O4S. The first-order valence-electron chi connectivity index (χ1n) is 8.71. The van der Waals surface area contributed by atoms with Gasteiger partial charge in [-0.3, -0.25) is 4.79 Å². The van der Waals surface area contributed by atoms with Gasteiger partial charge < -0.3 is 10.4 Å². The molecule has 3 rings (SSSR count). The Morgan fingerprint density at radius 2 is 1.96 bits per heavy atom. The Bertz CT molecular complexity index is 933. The van der Waals surface area contributed by atoms with E-state index in [0.717, 1.165) is 12.8 Å². The molecule has 2 N–H and O–H groups in total. The van der Waals surface area contributed by atoms with Gasteiger partial charge in [-0.15, -0.1) is 0 Å². The zero-order valence-corrected chi connectivity index (χ0v) is 15.5. The molecule has 1 amide bonds. The number of halogens is 1. The van der Waals surface area contributed by atoms with Gasteiger partial charge in [0.05, 0.1) is 11.5 Å². The molecule has 1 aliphatic rings. The predicted octanol–water partition coefficient (Wildman–Crippen LogP) is 2.61. The van der Waals surface area contributed by atoms with Crippen LogP contribution in [0.15, 0.2) is 53.4 Å². The van der Waals surface area contributed by atoms with Gasteiger partial charge in [0, 0.05) is 23.8 Å². The second kappa shape index (κ2) is 8.16. The molecule has 0 aromatic heterocycles. The van der Waals surface area contributed by atoms with Crippen LogP contribution in [0.4, 0.5) is 10.1 Å². The zero-order chi connectivity index (χ0) is 19.4. The van der Waals surface area contributed by atoms with Crippen LogP contribution in [0.2, 0.25) is 0 Å². The van der Waals surface area contributed by atoms with Crippen molar-refractivity contribution in [3.63, 3.8) is 0 Å². The quantitative estimate of drug-likeness (QED) is 0.819. The van der Waals surface area contributed by atoms with Crippen molar-refractivity contribution >= 4 is 21.6 Å². The van der Waals surface area contributed by atoms with E-state index in [4.69, 9.17) is 0 Å². The molecule has 2 aromatic carbocycles. The lowest BCUT2D eigenvalue weighted by molar-refractivity contribution is 0.102. The summed E-state index contributed by atoms with van der Waals surface area (Å²) >= 11 is 0. The molecule has 1 aliphatic heterocycles. The van der Waals surface area contributed by atoms with Crippen molar-refractivity contribution in [1.82, 2.24) is 4.31 Å². The van der Waals surface area contributed by atoms with Crippen molar-refractivity contribution in [2.75, 3.05) is 18.5 Å². The maximum absolute atomic E-state index is 13.3. The first-order chi connectivity index (χ1) is 12.9. The van der Waals surface area contributed by atoms with E-state index in [2.05, 4.69) is 5.32 Å². The average Bonchev–Trinajstić information content (AvgIpc) is 2.68. The van der Waals surface area contributed by atoms with E-state index in [1.807, 2.05) is 0 Å². The minimum absolute atomic E-state index is 0.00487. The Labute approximate surface area is 157 Å². The Balaban J connectivity index is 1.85. The fourth-order valence-corrected chi connectivity index (χ4v) is 4.91. The number of carbonyl (C=O) groups excluding carboxylic acids is 1. The van der Waals surface area contributed by atoms with Crippen molar-refractivity contribution in [3.8, 4) is 0 Å². The topological polar surface area (TPSA) is 86.7 Å². The number of piperidine rings is 1. The van der Waals surface area contributed by atoms with Gasteiger partial charge in [-0.1, -0.05) is 18.6 Å². The lowest BCUT2D eigenvalue weighted by atomic mass is 10.1. The molecule has 0 radical (unpaired) electrons. The summed E-state index contributed by atoms with van der Waals surface area (Å²) in [7, 11) is -3.83. The van der Waals surface area contributed by atoms with Crippen LogP contribution in [0.3, 0.4) is 0 Å². The minimum Gasteiger partial charge on any atom is -0.395 e. The molecule has 8 heteroatoms. The highest BCUT2D eigenvalue weighted by atomic mass is 32.2. The number of amides is 1. The van der Waals surface area contributed by atoms with E-state index in [0.29, 0.717) is 13.0 Å². The molecule has 6 nitrogen and oxygen atoms in total. The number of carbonyl (C=O) groups is 1. The van der Waals surface area contributed by atoms with Gasteiger partial charge in [-0.25, -0.2) is 12.8 Å². The number of anilines is 1. The number of nitrogens with zero attached hydrogens (tertiary/aromatic N) is 1. The third kappa shape index (κ3) is 4.35. The lowest BCUT2D eigenvalue weighted by Gasteiger charge is -2.33. The monoisotopic (exact) mass is 392 g/mol. The Morgan fingerprint density at radius 3 is 2.70 bits per heavy atom. The molecule has 0 bridgehead atoms. The molecule has 0 spiro atoms. The van der Waals surface area contributed by atoms with E-state index < -0.39 is 27.8 Å².